The molecule has 10 heteroatoms. The average molecular weight is 446 g/mol. The maximum absolute atomic E-state index is 11.6. The Hall–Kier alpha value is -2.59. The standard InChI is InChI=1S/C17H28O5.C4H7NO4/c1-2-9-15(19)16(20)13-12-14(18)10-7-5-3-4-6-8-11-17(21)22;5-2(4(8)9)1-3(6)7/h5,7,15,19H,2-4,6,8-13H2,1H3,(H,21,22);2H,1,5H2,(H,6,7)(H,8,9)/b7-5-;/t;2-/m.0/s1. The quantitative estimate of drug-likeness (QED) is 0.163. The summed E-state index contributed by atoms with van der Waals surface area (Å²) in [7, 11) is 0. The summed E-state index contributed by atoms with van der Waals surface area (Å²) in [6.45, 7) is 1.90. The SMILES string of the molecule is CCCC(O)C(=O)CCC(=O)C/C=C\CCCCCC(=O)O.N[C@@H](CC(=O)O)C(=O)O. The number of carbonyl (C=O) groups excluding carboxylic acids is 2. The summed E-state index contributed by atoms with van der Waals surface area (Å²) >= 11 is 0. The topological polar surface area (TPSA) is 192 Å². The van der Waals surface area contributed by atoms with Crippen molar-refractivity contribution in [2.75, 3.05) is 0 Å². The number of aliphatic hydroxyl groups excluding tert-OH is 1. The number of aliphatic carboxylic acids is 3. The smallest absolute Gasteiger partial charge is 0.321 e. The molecule has 178 valence electrons. The average Bonchev–Trinajstić information content (AvgIpc) is 2.67. The normalized spacial score (nSPS) is 12.5. The van der Waals surface area contributed by atoms with Crippen LogP contribution in [0.3, 0.4) is 0 Å². The summed E-state index contributed by atoms with van der Waals surface area (Å²) in [4.78, 5) is 53.0. The Morgan fingerprint density at radius 1 is 0.871 bits per heavy atom. The van der Waals surface area contributed by atoms with Crippen molar-refractivity contribution in [2.24, 2.45) is 5.73 Å². The van der Waals surface area contributed by atoms with E-state index in [2.05, 4.69) is 0 Å². The maximum atomic E-state index is 11.6. The molecule has 10 nitrogen and oxygen atoms in total. The number of hydrogen-bond acceptors (Lipinski definition) is 7. The van der Waals surface area contributed by atoms with E-state index in [1.54, 1.807) is 6.08 Å². The van der Waals surface area contributed by atoms with Gasteiger partial charge in [0.25, 0.3) is 0 Å². The molecular formula is C21H35NO9. The second kappa shape index (κ2) is 19.4. The van der Waals surface area contributed by atoms with Crippen molar-refractivity contribution in [2.45, 2.75) is 89.7 Å². The third-order valence-corrected chi connectivity index (χ3v) is 4.07. The van der Waals surface area contributed by atoms with Crippen molar-refractivity contribution in [3.05, 3.63) is 12.2 Å². The molecule has 6 N–H and O–H groups in total. The fourth-order valence-corrected chi connectivity index (χ4v) is 2.29. The van der Waals surface area contributed by atoms with Crippen LogP contribution in [0.5, 0.6) is 0 Å². The lowest BCUT2D eigenvalue weighted by atomic mass is 10.0. The number of carboxylic acids is 3. The third-order valence-electron chi connectivity index (χ3n) is 4.07. The lowest BCUT2D eigenvalue weighted by molar-refractivity contribution is -0.144. The minimum atomic E-state index is -1.29. The Kier molecular flexibility index (Phi) is 19.1. The van der Waals surface area contributed by atoms with E-state index in [0.29, 0.717) is 19.3 Å². The number of aliphatic hydroxyl groups is 1. The number of Topliss-reactive ketones (excluding diaryl/α,β-unsaturated/α-hetero) is 2. The van der Waals surface area contributed by atoms with Gasteiger partial charge in [-0.1, -0.05) is 31.9 Å². The molecular weight excluding hydrogens is 410 g/mol. The third kappa shape index (κ3) is 21.9. The highest BCUT2D eigenvalue weighted by molar-refractivity contribution is 5.88. The first kappa shape index (κ1) is 30.6. The Morgan fingerprint density at radius 2 is 1.52 bits per heavy atom. The number of carbonyl (C=O) groups is 5. The molecule has 0 aliphatic heterocycles. The van der Waals surface area contributed by atoms with E-state index >= 15 is 0 Å². The van der Waals surface area contributed by atoms with Gasteiger partial charge in [0.2, 0.25) is 0 Å². The van der Waals surface area contributed by atoms with Gasteiger partial charge in [0.05, 0.1) is 6.42 Å². The molecule has 0 aromatic carbocycles. The summed E-state index contributed by atoms with van der Waals surface area (Å²) < 4.78 is 0. The highest BCUT2D eigenvalue weighted by Crippen LogP contribution is 2.06. The lowest BCUT2D eigenvalue weighted by Gasteiger charge is -2.06. The second-order valence-corrected chi connectivity index (χ2v) is 7.02. The molecule has 0 aromatic rings. The number of unbranched alkanes of at least 4 members (excludes halogenated alkanes) is 3. The van der Waals surface area contributed by atoms with Crippen molar-refractivity contribution >= 4 is 29.5 Å². The maximum Gasteiger partial charge on any atom is 0.321 e. The van der Waals surface area contributed by atoms with Crippen LogP contribution in [-0.4, -0.2) is 62.0 Å². The van der Waals surface area contributed by atoms with Gasteiger partial charge in [0.1, 0.15) is 17.9 Å². The van der Waals surface area contributed by atoms with Crippen LogP contribution in [-0.2, 0) is 24.0 Å². The van der Waals surface area contributed by atoms with Crippen LogP contribution in [0.15, 0.2) is 12.2 Å². The van der Waals surface area contributed by atoms with Crippen LogP contribution in [0, 0.1) is 0 Å². The summed E-state index contributed by atoms with van der Waals surface area (Å²) in [5.74, 6) is -3.51. The largest absolute Gasteiger partial charge is 0.481 e. The molecule has 31 heavy (non-hydrogen) atoms. The molecule has 0 radical (unpaired) electrons. The predicted molar refractivity (Wildman–Crippen MR) is 113 cm³/mol. The van der Waals surface area contributed by atoms with Crippen LogP contribution in [0.4, 0.5) is 0 Å². The zero-order valence-corrected chi connectivity index (χ0v) is 18.0. The van der Waals surface area contributed by atoms with E-state index in [-0.39, 0.29) is 30.8 Å². The van der Waals surface area contributed by atoms with Gasteiger partial charge in [0.15, 0.2) is 5.78 Å². The molecule has 0 saturated heterocycles. The fraction of sp³-hybridized carbons (Fsp3) is 0.667. The number of rotatable bonds is 17. The van der Waals surface area contributed by atoms with E-state index in [1.807, 2.05) is 13.0 Å². The molecule has 0 aromatic heterocycles. The zero-order chi connectivity index (χ0) is 24.2. The summed E-state index contributed by atoms with van der Waals surface area (Å²) in [6.07, 6.45) is 7.58. The molecule has 0 saturated carbocycles. The van der Waals surface area contributed by atoms with Crippen LogP contribution < -0.4 is 5.73 Å². The number of carboxylic acid groups (broad SMARTS) is 3. The van der Waals surface area contributed by atoms with Gasteiger partial charge in [-0.2, -0.15) is 0 Å². The molecule has 0 amide bonds. The first-order valence-electron chi connectivity index (χ1n) is 10.3. The molecule has 1 unspecified atom stereocenters. The number of hydrogen-bond donors (Lipinski definition) is 5. The molecule has 0 fully saturated rings. The Morgan fingerprint density at radius 3 is 2.00 bits per heavy atom. The fourth-order valence-electron chi connectivity index (χ4n) is 2.29. The van der Waals surface area contributed by atoms with Gasteiger partial charge < -0.3 is 26.2 Å². The zero-order valence-electron chi connectivity index (χ0n) is 18.0. The predicted octanol–water partition coefficient (Wildman–Crippen LogP) is 1.92. The van der Waals surface area contributed by atoms with Gasteiger partial charge in [-0.05, 0) is 25.7 Å². The summed E-state index contributed by atoms with van der Waals surface area (Å²) in [5, 5.41) is 34.0. The van der Waals surface area contributed by atoms with Crippen LogP contribution in [0.25, 0.3) is 0 Å². The Balaban J connectivity index is 0. The van der Waals surface area contributed by atoms with Gasteiger partial charge >= 0.3 is 17.9 Å². The van der Waals surface area contributed by atoms with Crippen molar-refractivity contribution < 1.29 is 44.4 Å². The number of ketones is 2. The molecule has 0 bridgehead atoms. The highest BCUT2D eigenvalue weighted by Gasteiger charge is 2.15. The van der Waals surface area contributed by atoms with E-state index in [0.717, 1.165) is 25.7 Å². The highest BCUT2D eigenvalue weighted by atomic mass is 16.4. The van der Waals surface area contributed by atoms with Gasteiger partial charge in [-0.25, -0.2) is 0 Å². The Labute approximate surface area is 182 Å². The van der Waals surface area contributed by atoms with Crippen molar-refractivity contribution in [1.29, 1.82) is 0 Å². The molecule has 0 aliphatic rings. The Bertz CT molecular complexity index is 602. The van der Waals surface area contributed by atoms with Crippen LogP contribution >= 0.6 is 0 Å². The van der Waals surface area contributed by atoms with E-state index in [9.17, 15) is 29.1 Å². The lowest BCUT2D eigenvalue weighted by Crippen LogP contribution is -2.32. The molecule has 2 atom stereocenters. The molecule has 0 heterocycles. The van der Waals surface area contributed by atoms with Gasteiger partial charge in [-0.15, -0.1) is 0 Å². The van der Waals surface area contributed by atoms with Gasteiger partial charge in [0, 0.05) is 25.7 Å². The summed E-state index contributed by atoms with van der Waals surface area (Å²) in [5.41, 5.74) is 4.84. The van der Waals surface area contributed by atoms with Crippen LogP contribution in [0.2, 0.25) is 0 Å². The van der Waals surface area contributed by atoms with Crippen molar-refractivity contribution in [1.82, 2.24) is 0 Å². The monoisotopic (exact) mass is 445 g/mol. The van der Waals surface area contributed by atoms with Gasteiger partial charge in [-0.3, -0.25) is 24.0 Å². The van der Waals surface area contributed by atoms with E-state index < -0.39 is 36.5 Å². The van der Waals surface area contributed by atoms with Crippen molar-refractivity contribution in [3.63, 3.8) is 0 Å². The van der Waals surface area contributed by atoms with Crippen LogP contribution in [0.1, 0.15) is 77.6 Å². The van der Waals surface area contributed by atoms with E-state index in [1.165, 1.54) is 0 Å². The molecule has 0 aliphatic carbocycles. The number of nitrogens with two attached hydrogens (primary N) is 1. The molecule has 0 rings (SSSR count). The minimum absolute atomic E-state index is 0.000763. The van der Waals surface area contributed by atoms with E-state index in [4.69, 9.17) is 21.1 Å². The molecule has 0 spiro atoms. The number of allylic oxidation sites excluding steroid dienone is 2. The van der Waals surface area contributed by atoms with Crippen molar-refractivity contribution in [3.8, 4) is 0 Å². The minimum Gasteiger partial charge on any atom is -0.481 e. The summed E-state index contributed by atoms with van der Waals surface area (Å²) in [6, 6.07) is -1.29. The first-order valence-corrected chi connectivity index (χ1v) is 10.3. The first-order chi connectivity index (χ1) is 14.5. The second-order valence-electron chi connectivity index (χ2n) is 7.02.